The Labute approximate surface area is 149 Å². The van der Waals surface area contributed by atoms with E-state index in [4.69, 9.17) is 10.5 Å². The van der Waals surface area contributed by atoms with E-state index in [1.807, 2.05) is 75.4 Å². The number of hydrogen-bond donors (Lipinski definition) is 2. The van der Waals surface area contributed by atoms with Crippen LogP contribution >= 0.6 is 12.4 Å². The largest absolute Gasteiger partial charge is 0.486 e. The fraction of sp³-hybridized carbons (Fsp3) is 0.316. The van der Waals surface area contributed by atoms with Crippen LogP contribution in [0.4, 0.5) is 5.69 Å². The fourth-order valence-electron chi connectivity index (χ4n) is 2.21. The molecule has 0 aliphatic rings. The van der Waals surface area contributed by atoms with Gasteiger partial charge >= 0.3 is 0 Å². The summed E-state index contributed by atoms with van der Waals surface area (Å²) in [5, 5.41) is 2.89. The Morgan fingerprint density at radius 2 is 1.67 bits per heavy atom. The molecular formula is C19H25ClN2O2. The number of nitrogens with one attached hydrogen (secondary N) is 1. The molecule has 5 heteroatoms. The first kappa shape index (κ1) is 20.0. The van der Waals surface area contributed by atoms with Crippen LogP contribution in [0.15, 0.2) is 54.6 Å². The van der Waals surface area contributed by atoms with Crippen LogP contribution < -0.4 is 15.8 Å². The number of amides is 1. The molecule has 2 aromatic carbocycles. The van der Waals surface area contributed by atoms with Crippen molar-refractivity contribution in [1.29, 1.82) is 0 Å². The number of carbonyl (C=O) groups is 1. The first-order valence-corrected chi connectivity index (χ1v) is 7.73. The second-order valence-electron chi connectivity index (χ2n) is 6.48. The van der Waals surface area contributed by atoms with Gasteiger partial charge in [-0.3, -0.25) is 4.79 Å². The van der Waals surface area contributed by atoms with Gasteiger partial charge in [-0.1, -0.05) is 42.5 Å². The predicted octanol–water partition coefficient (Wildman–Crippen LogP) is 4.31. The van der Waals surface area contributed by atoms with E-state index in [0.29, 0.717) is 11.4 Å². The van der Waals surface area contributed by atoms with Crippen LogP contribution in [0.1, 0.15) is 38.8 Å². The third-order valence-electron chi connectivity index (χ3n) is 3.21. The van der Waals surface area contributed by atoms with Crippen molar-refractivity contribution in [3.63, 3.8) is 0 Å². The molecule has 3 N–H and O–H groups in total. The number of halogens is 1. The monoisotopic (exact) mass is 348 g/mol. The van der Waals surface area contributed by atoms with Crippen LogP contribution in [0.2, 0.25) is 0 Å². The third kappa shape index (κ3) is 6.22. The minimum Gasteiger partial charge on any atom is -0.486 e. The Morgan fingerprint density at radius 3 is 2.29 bits per heavy atom. The van der Waals surface area contributed by atoms with E-state index in [1.165, 1.54) is 0 Å². The average molecular weight is 349 g/mol. The highest BCUT2D eigenvalue weighted by molar-refractivity contribution is 5.92. The van der Waals surface area contributed by atoms with Crippen LogP contribution in [0, 0.1) is 0 Å². The summed E-state index contributed by atoms with van der Waals surface area (Å²) in [7, 11) is 0. The smallest absolute Gasteiger partial charge is 0.226 e. The van der Waals surface area contributed by atoms with Crippen LogP contribution in [-0.2, 0) is 4.79 Å². The van der Waals surface area contributed by atoms with E-state index >= 15 is 0 Å². The van der Waals surface area contributed by atoms with Crippen LogP contribution in [0.3, 0.4) is 0 Å². The highest BCUT2D eigenvalue weighted by atomic mass is 35.5. The molecule has 1 atom stereocenters. The van der Waals surface area contributed by atoms with Crippen LogP contribution in [0.25, 0.3) is 0 Å². The summed E-state index contributed by atoms with van der Waals surface area (Å²) in [6.07, 6.45) is 0.216. The topological polar surface area (TPSA) is 64.3 Å². The molecule has 24 heavy (non-hydrogen) atoms. The zero-order chi connectivity index (χ0) is 16.9. The summed E-state index contributed by atoms with van der Waals surface area (Å²) in [6.45, 7) is 5.91. The molecule has 0 aliphatic carbocycles. The number of anilines is 1. The van der Waals surface area contributed by atoms with Gasteiger partial charge in [-0.15, -0.1) is 12.4 Å². The maximum Gasteiger partial charge on any atom is 0.226 e. The summed E-state index contributed by atoms with van der Waals surface area (Å²) in [5.74, 6) is 0.521. The molecule has 0 radical (unpaired) electrons. The molecule has 130 valence electrons. The normalized spacial score (nSPS) is 12.0. The Balaban J connectivity index is 0.00000288. The molecule has 2 rings (SSSR count). The highest BCUT2D eigenvalue weighted by Gasteiger charge is 2.17. The highest BCUT2D eigenvalue weighted by Crippen LogP contribution is 2.28. The van der Waals surface area contributed by atoms with E-state index in [1.54, 1.807) is 0 Å². The van der Waals surface area contributed by atoms with Gasteiger partial charge < -0.3 is 15.8 Å². The number of nitrogens with two attached hydrogens (primary N) is 1. The lowest BCUT2D eigenvalue weighted by Gasteiger charge is -2.23. The van der Waals surface area contributed by atoms with Crippen molar-refractivity contribution in [1.82, 2.24) is 0 Å². The minimum atomic E-state index is -0.332. The van der Waals surface area contributed by atoms with Gasteiger partial charge in [-0.25, -0.2) is 0 Å². The lowest BCUT2D eigenvalue weighted by molar-refractivity contribution is -0.116. The molecule has 2 aromatic rings. The maximum absolute atomic E-state index is 12.3. The Morgan fingerprint density at radius 1 is 1.08 bits per heavy atom. The first-order valence-electron chi connectivity index (χ1n) is 7.73. The number of para-hydroxylation sites is 2. The lowest BCUT2D eigenvalue weighted by Crippen LogP contribution is -2.25. The number of rotatable bonds is 5. The second-order valence-corrected chi connectivity index (χ2v) is 6.48. The molecule has 0 spiro atoms. The van der Waals surface area contributed by atoms with Crippen molar-refractivity contribution in [3.8, 4) is 5.75 Å². The molecular weight excluding hydrogens is 324 g/mol. The average Bonchev–Trinajstić information content (AvgIpc) is 2.48. The molecule has 4 nitrogen and oxygen atoms in total. The fourth-order valence-corrected chi connectivity index (χ4v) is 2.21. The first-order chi connectivity index (χ1) is 10.8. The Bertz CT molecular complexity index is 654. The van der Waals surface area contributed by atoms with E-state index in [0.717, 1.165) is 5.56 Å². The van der Waals surface area contributed by atoms with Gasteiger partial charge in [0.1, 0.15) is 11.4 Å². The van der Waals surface area contributed by atoms with Crippen molar-refractivity contribution < 1.29 is 9.53 Å². The molecule has 0 fully saturated rings. The van der Waals surface area contributed by atoms with Crippen LogP contribution in [-0.4, -0.2) is 11.5 Å². The minimum absolute atomic E-state index is 0. The molecule has 0 saturated heterocycles. The van der Waals surface area contributed by atoms with Gasteiger partial charge in [0.15, 0.2) is 0 Å². The van der Waals surface area contributed by atoms with Gasteiger partial charge in [0.2, 0.25) is 5.91 Å². The summed E-state index contributed by atoms with van der Waals surface area (Å²) in [6, 6.07) is 16.7. The van der Waals surface area contributed by atoms with Crippen LogP contribution in [0.5, 0.6) is 5.75 Å². The summed E-state index contributed by atoms with van der Waals surface area (Å²) < 4.78 is 5.88. The number of carbonyl (C=O) groups excluding carboxylic acids is 1. The standard InChI is InChI=1S/C19H24N2O2.ClH/c1-19(2,3)23-17-12-8-7-11-16(17)21-18(22)13-15(20)14-9-5-4-6-10-14;/h4-12,15H,13,20H2,1-3H3,(H,21,22);1H. The van der Waals surface area contributed by atoms with E-state index < -0.39 is 0 Å². The number of ether oxygens (including phenoxy) is 1. The van der Waals surface area contributed by atoms with Crippen molar-refractivity contribution >= 4 is 24.0 Å². The number of benzene rings is 2. The van der Waals surface area contributed by atoms with Crippen molar-refractivity contribution in [3.05, 3.63) is 60.2 Å². The zero-order valence-electron chi connectivity index (χ0n) is 14.3. The summed E-state index contributed by atoms with van der Waals surface area (Å²) in [5.41, 5.74) is 7.37. The number of hydrogen-bond acceptors (Lipinski definition) is 3. The molecule has 1 amide bonds. The van der Waals surface area contributed by atoms with Gasteiger partial charge in [0.25, 0.3) is 0 Å². The molecule has 1 unspecified atom stereocenters. The molecule has 0 aromatic heterocycles. The van der Waals surface area contributed by atoms with Gasteiger partial charge in [-0.2, -0.15) is 0 Å². The van der Waals surface area contributed by atoms with Gasteiger partial charge in [-0.05, 0) is 38.5 Å². The van der Waals surface area contributed by atoms with E-state index in [2.05, 4.69) is 5.32 Å². The predicted molar refractivity (Wildman–Crippen MR) is 101 cm³/mol. The van der Waals surface area contributed by atoms with E-state index in [-0.39, 0.29) is 36.4 Å². The van der Waals surface area contributed by atoms with Crippen molar-refractivity contribution in [2.45, 2.75) is 38.8 Å². The van der Waals surface area contributed by atoms with Crippen molar-refractivity contribution in [2.24, 2.45) is 5.73 Å². The maximum atomic E-state index is 12.3. The molecule has 0 bridgehead atoms. The summed E-state index contributed by atoms with van der Waals surface area (Å²) in [4.78, 5) is 12.3. The molecule has 0 saturated carbocycles. The van der Waals surface area contributed by atoms with Gasteiger partial charge in [0.05, 0.1) is 5.69 Å². The molecule has 0 heterocycles. The zero-order valence-corrected chi connectivity index (χ0v) is 15.1. The quantitative estimate of drug-likeness (QED) is 0.846. The lowest BCUT2D eigenvalue weighted by atomic mass is 10.0. The van der Waals surface area contributed by atoms with Gasteiger partial charge in [0, 0.05) is 12.5 Å². The Kier molecular flexibility index (Phi) is 7.26. The summed E-state index contributed by atoms with van der Waals surface area (Å²) >= 11 is 0. The van der Waals surface area contributed by atoms with Crippen molar-refractivity contribution in [2.75, 3.05) is 5.32 Å². The molecule has 0 aliphatic heterocycles. The third-order valence-corrected chi connectivity index (χ3v) is 3.21. The second kappa shape index (κ2) is 8.71. The van der Waals surface area contributed by atoms with E-state index in [9.17, 15) is 4.79 Å². The Hall–Kier alpha value is -2.04. The SMILES string of the molecule is CC(C)(C)Oc1ccccc1NC(=O)CC(N)c1ccccc1.Cl.